The predicted molar refractivity (Wildman–Crippen MR) is 145 cm³/mol. The summed E-state index contributed by atoms with van der Waals surface area (Å²) in [6.45, 7) is -2.38. The first-order chi connectivity index (χ1) is 22.7. The van der Waals surface area contributed by atoms with Crippen molar-refractivity contribution in [2.75, 3.05) is 26.4 Å². The summed E-state index contributed by atoms with van der Waals surface area (Å²) in [5.74, 6) is -0.671. The van der Waals surface area contributed by atoms with Crippen LogP contribution in [0, 0.1) is 0 Å². The van der Waals surface area contributed by atoms with Gasteiger partial charge in [0.15, 0.2) is 25.2 Å². The largest absolute Gasteiger partial charge is 0.394 e. The molecule has 0 aromatic carbocycles. The average Bonchev–Trinajstić information content (AvgIpc) is 3.06. The van der Waals surface area contributed by atoms with Crippen molar-refractivity contribution < 1.29 is 104 Å². The molecule has 20 atom stereocenters. The van der Waals surface area contributed by atoms with E-state index in [1.54, 1.807) is 0 Å². The van der Waals surface area contributed by atoms with E-state index < -0.39 is 155 Å². The van der Waals surface area contributed by atoms with Gasteiger partial charge in [0.05, 0.1) is 26.4 Å². The summed E-state index contributed by atoms with van der Waals surface area (Å²) >= 11 is 0. The van der Waals surface area contributed by atoms with Crippen LogP contribution >= 0.6 is 0 Å². The van der Waals surface area contributed by atoms with Crippen LogP contribution in [0.5, 0.6) is 0 Å². The minimum atomic E-state index is -2.06. The molecule has 4 saturated heterocycles. The summed E-state index contributed by atoms with van der Waals surface area (Å²) in [5.41, 5.74) is 0. The van der Waals surface area contributed by atoms with Crippen molar-refractivity contribution in [1.82, 2.24) is 5.32 Å². The number of ether oxygens (including phenoxy) is 7. The molecule has 0 radical (unpaired) electrons. The van der Waals surface area contributed by atoms with E-state index in [0.29, 0.717) is 0 Å². The first-order valence-electron chi connectivity index (χ1n) is 15.1. The monoisotopic (exact) mass is 707 g/mol. The van der Waals surface area contributed by atoms with Crippen molar-refractivity contribution in [3.63, 3.8) is 0 Å². The quantitative estimate of drug-likeness (QED) is 0.0947. The third kappa shape index (κ3) is 8.08. The molecule has 4 fully saturated rings. The Kier molecular flexibility index (Phi) is 13.8. The van der Waals surface area contributed by atoms with Gasteiger partial charge in [-0.05, 0) is 0 Å². The highest BCUT2D eigenvalue weighted by molar-refractivity contribution is 5.73. The lowest BCUT2D eigenvalue weighted by atomic mass is 9.95. The molecule has 0 bridgehead atoms. The molecule has 4 rings (SSSR count). The van der Waals surface area contributed by atoms with Gasteiger partial charge in [-0.2, -0.15) is 0 Å². The molecule has 1 amide bonds. The lowest BCUT2D eigenvalue weighted by Gasteiger charge is -2.49. The van der Waals surface area contributed by atoms with Crippen LogP contribution in [0.25, 0.3) is 0 Å². The zero-order valence-corrected chi connectivity index (χ0v) is 25.5. The van der Waals surface area contributed by atoms with Gasteiger partial charge in [-0.1, -0.05) is 0 Å². The topological polar surface area (TPSA) is 357 Å². The summed E-state index contributed by atoms with van der Waals surface area (Å²) in [7, 11) is 0. The van der Waals surface area contributed by atoms with Crippen molar-refractivity contribution in [1.29, 1.82) is 0 Å². The van der Waals surface area contributed by atoms with Gasteiger partial charge in [0.2, 0.25) is 5.91 Å². The molecule has 48 heavy (non-hydrogen) atoms. The molecule has 14 N–H and O–H groups in total. The minimum absolute atomic E-state index is 0.671. The fourth-order valence-electron chi connectivity index (χ4n) is 5.92. The molecule has 0 spiro atoms. The number of amides is 1. The highest BCUT2D eigenvalue weighted by Crippen LogP contribution is 2.34. The van der Waals surface area contributed by atoms with E-state index in [1.165, 1.54) is 0 Å². The van der Waals surface area contributed by atoms with E-state index in [0.717, 1.165) is 6.92 Å². The molecular formula is C26H45NO21. The number of carbonyl (C=O) groups is 1. The van der Waals surface area contributed by atoms with Gasteiger partial charge < -0.3 is 105 Å². The number of hydrogen-bond acceptors (Lipinski definition) is 21. The fourth-order valence-corrected chi connectivity index (χ4v) is 5.92. The summed E-state index contributed by atoms with van der Waals surface area (Å²) in [4.78, 5) is 11.6. The Bertz CT molecular complexity index is 1030. The zero-order valence-electron chi connectivity index (χ0n) is 25.5. The first-order valence-corrected chi connectivity index (χ1v) is 15.1. The zero-order chi connectivity index (χ0) is 35.6. The van der Waals surface area contributed by atoms with E-state index in [-0.39, 0.29) is 0 Å². The number of nitrogens with one attached hydrogen (secondary N) is 1. The minimum Gasteiger partial charge on any atom is -0.394 e. The van der Waals surface area contributed by atoms with Crippen LogP contribution in [0.2, 0.25) is 0 Å². The summed E-state index contributed by atoms with van der Waals surface area (Å²) in [6, 6.07) is -1.47. The molecule has 0 aliphatic carbocycles. The van der Waals surface area contributed by atoms with E-state index in [9.17, 15) is 71.2 Å². The van der Waals surface area contributed by atoms with E-state index in [2.05, 4.69) is 5.32 Å². The SMILES string of the molecule is CC(=O)N[C@@H]1[C@@H](O)[C@H](O[C@@H]2O[C@H](CO)[C@@H](O)[C@H](O[C@H]3O[C@H](CO)[C@@H](O)[C@H](O)[C@@H]3O[C@H]3O[C@H](CO)[C@@H](O)[C@H](O)[C@@H]3O)[C@@H]2O)[C@@H](CO)O[C@H]1O. The van der Waals surface area contributed by atoms with Gasteiger partial charge in [0.25, 0.3) is 0 Å². The Balaban J connectivity index is 1.59. The number of hydrogen-bond donors (Lipinski definition) is 14. The third-order valence-corrected chi connectivity index (χ3v) is 8.61. The summed E-state index contributed by atoms with van der Waals surface area (Å²) in [6.07, 6.45) is -34.2. The molecule has 0 aromatic rings. The smallest absolute Gasteiger partial charge is 0.217 e. The Hall–Kier alpha value is -1.33. The van der Waals surface area contributed by atoms with Crippen LogP contribution in [-0.2, 0) is 38.0 Å². The average molecular weight is 708 g/mol. The second kappa shape index (κ2) is 16.8. The molecule has 0 unspecified atom stereocenters. The highest BCUT2D eigenvalue weighted by atomic mass is 16.8. The van der Waals surface area contributed by atoms with Gasteiger partial charge in [0.1, 0.15) is 97.6 Å². The Morgan fingerprint density at radius 2 is 0.958 bits per heavy atom. The predicted octanol–water partition coefficient (Wildman–Crippen LogP) is -9.61. The van der Waals surface area contributed by atoms with Crippen LogP contribution in [0.1, 0.15) is 6.92 Å². The van der Waals surface area contributed by atoms with Crippen molar-refractivity contribution in [3.8, 4) is 0 Å². The Morgan fingerprint density at radius 1 is 0.500 bits per heavy atom. The maximum Gasteiger partial charge on any atom is 0.217 e. The van der Waals surface area contributed by atoms with Crippen molar-refractivity contribution in [2.45, 2.75) is 130 Å². The lowest BCUT2D eigenvalue weighted by Crippen LogP contribution is -2.68. The summed E-state index contributed by atoms with van der Waals surface area (Å²) < 4.78 is 38.6. The van der Waals surface area contributed by atoms with Crippen LogP contribution in [0.3, 0.4) is 0 Å². The molecule has 22 heteroatoms. The highest BCUT2D eigenvalue weighted by Gasteiger charge is 2.55. The maximum absolute atomic E-state index is 11.6. The molecular weight excluding hydrogens is 662 g/mol. The molecule has 280 valence electrons. The van der Waals surface area contributed by atoms with Crippen LogP contribution < -0.4 is 5.32 Å². The van der Waals surface area contributed by atoms with Gasteiger partial charge in [0, 0.05) is 6.92 Å². The Labute approximate surface area is 272 Å². The second-order valence-electron chi connectivity index (χ2n) is 11.9. The molecule has 4 aliphatic heterocycles. The van der Waals surface area contributed by atoms with Crippen LogP contribution in [0.15, 0.2) is 0 Å². The van der Waals surface area contributed by atoms with E-state index in [1.807, 2.05) is 0 Å². The van der Waals surface area contributed by atoms with Crippen molar-refractivity contribution in [3.05, 3.63) is 0 Å². The normalized spacial score (nSPS) is 50.2. The second-order valence-corrected chi connectivity index (χ2v) is 11.9. The van der Waals surface area contributed by atoms with Crippen molar-refractivity contribution in [2.24, 2.45) is 0 Å². The van der Waals surface area contributed by atoms with Gasteiger partial charge >= 0.3 is 0 Å². The molecule has 4 heterocycles. The number of rotatable bonds is 11. The first kappa shape index (κ1) is 39.5. The number of aliphatic hydroxyl groups is 13. The fraction of sp³-hybridized carbons (Fsp3) is 0.962. The molecule has 4 aliphatic rings. The van der Waals surface area contributed by atoms with Crippen molar-refractivity contribution >= 4 is 5.91 Å². The Morgan fingerprint density at radius 3 is 1.50 bits per heavy atom. The van der Waals surface area contributed by atoms with Crippen LogP contribution in [0.4, 0.5) is 0 Å². The maximum atomic E-state index is 11.6. The van der Waals surface area contributed by atoms with E-state index in [4.69, 9.17) is 33.2 Å². The lowest BCUT2D eigenvalue weighted by molar-refractivity contribution is -0.394. The van der Waals surface area contributed by atoms with Gasteiger partial charge in [-0.15, -0.1) is 0 Å². The standard InChI is InChI=1S/C26H45NO21/c1-6(32)27-11-15(36)20(10(5-31)42-23(11)41)46-25-19(40)21(14(35)9(4-30)44-25)47-26-22(17(38)13(34)8(3-29)45-26)48-24-18(39)16(37)12(33)7(2-28)43-24/h7-26,28-31,33-41H,2-5H2,1H3,(H,27,32)/t7-,8-,9-,10-,11-,12-,13-,14-,15-,16+,17+,18+,19+,20-,21+,22+,23-,24-,25+,26-/m1/s1. The van der Waals surface area contributed by atoms with Gasteiger partial charge in [-0.25, -0.2) is 0 Å². The molecule has 0 saturated carbocycles. The molecule has 0 aromatic heterocycles. The van der Waals surface area contributed by atoms with Crippen LogP contribution in [-0.4, -0.2) is 221 Å². The molecule has 22 nitrogen and oxygen atoms in total. The van der Waals surface area contributed by atoms with Gasteiger partial charge in [-0.3, -0.25) is 4.79 Å². The summed E-state index contributed by atoms with van der Waals surface area (Å²) in [5, 5.41) is 137. The third-order valence-electron chi connectivity index (χ3n) is 8.61. The number of aliphatic hydroxyl groups excluding tert-OH is 13. The number of carbonyl (C=O) groups excluding carboxylic acids is 1. The van der Waals surface area contributed by atoms with E-state index >= 15 is 0 Å².